The first-order valence-corrected chi connectivity index (χ1v) is 6.31. The fraction of sp³-hybridized carbons (Fsp3) is 0.333. The van der Waals surface area contributed by atoms with E-state index in [1.165, 1.54) is 5.56 Å². The number of hydrogen-bond acceptors (Lipinski definition) is 1. The van der Waals surface area contributed by atoms with Gasteiger partial charge in [-0.05, 0) is 0 Å². The quantitative estimate of drug-likeness (QED) is 0.660. The van der Waals surface area contributed by atoms with Crippen LogP contribution in [0.4, 0.5) is 0 Å². The zero-order valence-corrected chi connectivity index (χ0v) is 8.84. The van der Waals surface area contributed by atoms with Crippen molar-refractivity contribution in [1.29, 1.82) is 0 Å². The molecule has 1 heterocycles. The van der Waals surface area contributed by atoms with Gasteiger partial charge in [0.15, 0.2) is 0 Å². The van der Waals surface area contributed by atoms with E-state index >= 15 is 0 Å². The van der Waals surface area contributed by atoms with Crippen LogP contribution < -0.4 is 8.79 Å². The second-order valence-corrected chi connectivity index (χ2v) is 5.97. The Balaban J connectivity index is 2.66. The zero-order chi connectivity index (χ0) is 8.77. The fourth-order valence-corrected chi connectivity index (χ4v) is 4.44. The monoisotopic (exact) mass is 229 g/mol. The predicted octanol–water partition coefficient (Wildman–Crippen LogP) is 0.651. The molecular formula is C9H11NOSe. The third-order valence-electron chi connectivity index (χ3n) is 2.11. The standard InChI is InChI=1S/C9H11NOSe/c1-9(2)7-5-3-4-6-8(7)12(11)10-9/h3-6,10H,1-2H3. The van der Waals surface area contributed by atoms with Crippen molar-refractivity contribution in [1.82, 2.24) is 4.33 Å². The van der Waals surface area contributed by atoms with Crippen molar-refractivity contribution in [2.75, 3.05) is 0 Å². The van der Waals surface area contributed by atoms with Gasteiger partial charge in [0.25, 0.3) is 0 Å². The Morgan fingerprint density at radius 3 is 2.67 bits per heavy atom. The molecule has 64 valence electrons. The molecule has 0 aliphatic carbocycles. The molecule has 0 aromatic heterocycles. The maximum atomic E-state index is 11.6. The molecule has 2 rings (SSSR count). The molecule has 3 heteroatoms. The van der Waals surface area contributed by atoms with E-state index < -0.39 is 14.1 Å². The topological polar surface area (TPSA) is 29.1 Å². The zero-order valence-electron chi connectivity index (χ0n) is 7.13. The Morgan fingerprint density at radius 1 is 1.33 bits per heavy atom. The van der Waals surface area contributed by atoms with Gasteiger partial charge in [-0.25, -0.2) is 0 Å². The normalized spacial score (nSPS) is 25.3. The van der Waals surface area contributed by atoms with E-state index in [1.54, 1.807) is 0 Å². The molecule has 2 nitrogen and oxygen atoms in total. The first kappa shape index (κ1) is 8.11. The van der Waals surface area contributed by atoms with Crippen molar-refractivity contribution in [3.8, 4) is 0 Å². The molecule has 0 amide bonds. The summed E-state index contributed by atoms with van der Waals surface area (Å²) in [6.45, 7) is 4.13. The van der Waals surface area contributed by atoms with Gasteiger partial charge in [-0.2, -0.15) is 0 Å². The second-order valence-electron chi connectivity index (χ2n) is 3.49. The average Bonchev–Trinajstić information content (AvgIpc) is 2.25. The molecule has 0 saturated heterocycles. The summed E-state index contributed by atoms with van der Waals surface area (Å²) in [5, 5.41) is 0. The van der Waals surface area contributed by atoms with Crippen LogP contribution in [0.5, 0.6) is 0 Å². The molecule has 0 radical (unpaired) electrons. The van der Waals surface area contributed by atoms with Crippen molar-refractivity contribution >= 4 is 18.5 Å². The van der Waals surface area contributed by atoms with Crippen LogP contribution in [0.1, 0.15) is 19.4 Å². The molecule has 1 aromatic rings. The minimum absolute atomic E-state index is 0.108. The fourth-order valence-electron chi connectivity index (χ4n) is 1.49. The van der Waals surface area contributed by atoms with Crippen LogP contribution in [0.25, 0.3) is 0 Å². The molecule has 1 aliphatic heterocycles. The van der Waals surface area contributed by atoms with Gasteiger partial charge in [0, 0.05) is 0 Å². The molecular weight excluding hydrogens is 217 g/mol. The summed E-state index contributed by atoms with van der Waals surface area (Å²) in [6.07, 6.45) is 0. The van der Waals surface area contributed by atoms with Crippen molar-refractivity contribution in [3.63, 3.8) is 0 Å². The van der Waals surface area contributed by atoms with Gasteiger partial charge in [-0.15, -0.1) is 0 Å². The van der Waals surface area contributed by atoms with Gasteiger partial charge >= 0.3 is 75.9 Å². The Bertz CT molecular complexity index is 346. The van der Waals surface area contributed by atoms with Gasteiger partial charge in [0.2, 0.25) is 0 Å². The predicted molar refractivity (Wildman–Crippen MR) is 48.7 cm³/mol. The Kier molecular flexibility index (Phi) is 1.68. The van der Waals surface area contributed by atoms with Crippen LogP contribution in [-0.4, -0.2) is 14.1 Å². The van der Waals surface area contributed by atoms with Crippen LogP contribution >= 0.6 is 0 Å². The first-order valence-electron chi connectivity index (χ1n) is 3.90. The minimum atomic E-state index is -1.94. The molecule has 0 spiro atoms. The van der Waals surface area contributed by atoms with E-state index in [-0.39, 0.29) is 5.54 Å². The molecule has 1 aliphatic rings. The van der Waals surface area contributed by atoms with E-state index in [1.807, 2.05) is 24.3 Å². The SMILES string of the molecule is CC1(C)N[Se](=O)c2ccccc21. The van der Waals surface area contributed by atoms with Crippen LogP contribution in [0.2, 0.25) is 0 Å². The number of benzene rings is 1. The van der Waals surface area contributed by atoms with Gasteiger partial charge in [-0.1, -0.05) is 0 Å². The second kappa shape index (κ2) is 2.49. The Hall–Kier alpha value is -0.501. The van der Waals surface area contributed by atoms with Crippen LogP contribution in [0.3, 0.4) is 0 Å². The van der Waals surface area contributed by atoms with Gasteiger partial charge in [-0.3, -0.25) is 0 Å². The first-order chi connectivity index (χ1) is 5.61. The van der Waals surface area contributed by atoms with E-state index in [4.69, 9.17) is 0 Å². The van der Waals surface area contributed by atoms with E-state index in [2.05, 4.69) is 18.2 Å². The molecule has 1 atom stereocenters. The third kappa shape index (κ3) is 1.06. The van der Waals surface area contributed by atoms with Crippen molar-refractivity contribution in [2.45, 2.75) is 19.4 Å². The number of rotatable bonds is 0. The van der Waals surface area contributed by atoms with Gasteiger partial charge < -0.3 is 0 Å². The average molecular weight is 228 g/mol. The van der Waals surface area contributed by atoms with E-state index in [9.17, 15) is 3.83 Å². The Labute approximate surface area is 76.3 Å². The van der Waals surface area contributed by atoms with E-state index in [0.717, 1.165) is 4.46 Å². The summed E-state index contributed by atoms with van der Waals surface area (Å²) >= 11 is -1.94. The molecule has 0 fully saturated rings. The molecule has 0 bridgehead atoms. The third-order valence-corrected chi connectivity index (χ3v) is 5.15. The number of nitrogens with one attached hydrogen (secondary N) is 1. The number of fused-ring (bicyclic) bond motifs is 1. The van der Waals surface area contributed by atoms with Crippen LogP contribution in [0, 0.1) is 0 Å². The van der Waals surface area contributed by atoms with Crippen LogP contribution in [-0.2, 0) is 9.37 Å². The summed E-state index contributed by atoms with van der Waals surface area (Å²) in [7, 11) is 0. The molecule has 1 N–H and O–H groups in total. The maximum absolute atomic E-state index is 11.6. The van der Waals surface area contributed by atoms with Crippen molar-refractivity contribution in [2.24, 2.45) is 0 Å². The van der Waals surface area contributed by atoms with Gasteiger partial charge in [0.05, 0.1) is 0 Å². The summed E-state index contributed by atoms with van der Waals surface area (Å²) in [5.41, 5.74) is 1.08. The molecule has 1 aromatic carbocycles. The molecule has 1 unspecified atom stereocenters. The molecule has 12 heavy (non-hydrogen) atoms. The summed E-state index contributed by atoms with van der Waals surface area (Å²) < 4.78 is 15.7. The van der Waals surface area contributed by atoms with Crippen molar-refractivity contribution in [3.05, 3.63) is 29.8 Å². The summed E-state index contributed by atoms with van der Waals surface area (Å²) in [5.74, 6) is 0. The summed E-state index contributed by atoms with van der Waals surface area (Å²) in [4.78, 5) is 0. The van der Waals surface area contributed by atoms with E-state index in [0.29, 0.717) is 0 Å². The van der Waals surface area contributed by atoms with Crippen LogP contribution in [0.15, 0.2) is 24.3 Å². The summed E-state index contributed by atoms with van der Waals surface area (Å²) in [6, 6.07) is 7.93. The Morgan fingerprint density at radius 2 is 2.00 bits per heavy atom. The molecule has 0 saturated carbocycles. The van der Waals surface area contributed by atoms with Crippen molar-refractivity contribution < 1.29 is 3.83 Å². The van der Waals surface area contributed by atoms with Gasteiger partial charge in [0.1, 0.15) is 0 Å². The number of hydrogen-bond donors (Lipinski definition) is 1.